The normalized spacial score (nSPS) is 18.9. The first-order valence-electron chi connectivity index (χ1n) is 10.2. The molecule has 0 radical (unpaired) electrons. The van der Waals surface area contributed by atoms with Gasteiger partial charge >= 0.3 is 0 Å². The molecule has 1 aliphatic heterocycles. The van der Waals surface area contributed by atoms with Crippen LogP contribution < -0.4 is 15.0 Å². The Balaban J connectivity index is 1.37. The molecule has 2 fully saturated rings. The SMILES string of the molecule is C=C1C(Nc2cccc(OC)c2)CCN1c1ccc(-c2cn[nH]c2)c(C2CC2)c1. The molecule has 1 saturated carbocycles. The average molecular weight is 386 g/mol. The number of nitrogens with one attached hydrogen (secondary N) is 2. The monoisotopic (exact) mass is 386 g/mol. The van der Waals surface area contributed by atoms with Crippen molar-refractivity contribution < 1.29 is 4.74 Å². The third-order valence-electron chi connectivity index (χ3n) is 5.97. The van der Waals surface area contributed by atoms with Gasteiger partial charge in [-0.15, -0.1) is 0 Å². The molecule has 2 heterocycles. The number of rotatable bonds is 6. The van der Waals surface area contributed by atoms with Crippen LogP contribution in [0.3, 0.4) is 0 Å². The molecule has 1 saturated heterocycles. The minimum absolute atomic E-state index is 0.222. The summed E-state index contributed by atoms with van der Waals surface area (Å²) in [6, 6.07) is 15.1. The van der Waals surface area contributed by atoms with Crippen molar-refractivity contribution >= 4 is 11.4 Å². The maximum Gasteiger partial charge on any atom is 0.120 e. The summed E-state index contributed by atoms with van der Waals surface area (Å²) in [7, 11) is 1.69. The van der Waals surface area contributed by atoms with Gasteiger partial charge in [0.1, 0.15) is 5.75 Å². The van der Waals surface area contributed by atoms with Crippen LogP contribution in [0.2, 0.25) is 0 Å². The molecule has 0 amide bonds. The number of hydrogen-bond donors (Lipinski definition) is 2. The molecular weight excluding hydrogens is 360 g/mol. The molecule has 2 aromatic carbocycles. The first-order chi connectivity index (χ1) is 14.2. The lowest BCUT2D eigenvalue weighted by molar-refractivity contribution is 0.415. The Morgan fingerprint density at radius 3 is 2.83 bits per heavy atom. The number of anilines is 2. The number of aromatic nitrogens is 2. The van der Waals surface area contributed by atoms with Gasteiger partial charge in [0.15, 0.2) is 0 Å². The topological polar surface area (TPSA) is 53.2 Å². The van der Waals surface area contributed by atoms with E-state index in [9.17, 15) is 0 Å². The van der Waals surface area contributed by atoms with Crippen LogP contribution in [0.5, 0.6) is 5.75 Å². The molecule has 1 atom stereocenters. The summed E-state index contributed by atoms with van der Waals surface area (Å²) < 4.78 is 5.34. The van der Waals surface area contributed by atoms with Crippen molar-refractivity contribution in [3.05, 3.63) is 72.7 Å². The Kier molecular flexibility index (Phi) is 4.51. The molecule has 29 heavy (non-hydrogen) atoms. The first kappa shape index (κ1) is 17.9. The Bertz CT molecular complexity index is 1020. The van der Waals surface area contributed by atoms with Crippen molar-refractivity contribution in [1.82, 2.24) is 10.2 Å². The number of aromatic amines is 1. The van der Waals surface area contributed by atoms with Crippen LogP contribution in [0, 0.1) is 0 Å². The fourth-order valence-electron chi connectivity index (χ4n) is 4.23. The van der Waals surface area contributed by atoms with Crippen molar-refractivity contribution in [3.8, 4) is 16.9 Å². The molecule has 1 aromatic heterocycles. The van der Waals surface area contributed by atoms with Gasteiger partial charge in [-0.1, -0.05) is 18.7 Å². The van der Waals surface area contributed by atoms with Gasteiger partial charge in [-0.3, -0.25) is 5.10 Å². The molecule has 1 unspecified atom stereocenters. The third kappa shape index (κ3) is 3.48. The fourth-order valence-corrected chi connectivity index (χ4v) is 4.23. The van der Waals surface area contributed by atoms with Crippen molar-refractivity contribution in [3.63, 3.8) is 0 Å². The number of nitrogens with zero attached hydrogens (tertiary/aromatic N) is 2. The summed E-state index contributed by atoms with van der Waals surface area (Å²) in [5.41, 5.74) is 7.30. The summed E-state index contributed by atoms with van der Waals surface area (Å²) in [6.45, 7) is 5.38. The lowest BCUT2D eigenvalue weighted by atomic mass is 9.98. The molecule has 2 aliphatic rings. The molecule has 0 bridgehead atoms. The quantitative estimate of drug-likeness (QED) is 0.614. The van der Waals surface area contributed by atoms with Crippen LogP contribution in [0.15, 0.2) is 67.1 Å². The Labute approximate surface area is 171 Å². The van der Waals surface area contributed by atoms with Gasteiger partial charge in [0.25, 0.3) is 0 Å². The maximum absolute atomic E-state index is 5.34. The molecular formula is C24H26N4O. The van der Waals surface area contributed by atoms with Crippen molar-refractivity contribution in [2.45, 2.75) is 31.2 Å². The number of H-pyrrole nitrogens is 1. The Morgan fingerprint density at radius 1 is 1.17 bits per heavy atom. The van der Waals surface area contributed by atoms with Crippen LogP contribution >= 0.6 is 0 Å². The average Bonchev–Trinajstić information content (AvgIpc) is 3.34. The van der Waals surface area contributed by atoms with E-state index >= 15 is 0 Å². The largest absolute Gasteiger partial charge is 0.497 e. The minimum atomic E-state index is 0.222. The van der Waals surface area contributed by atoms with E-state index in [0.717, 1.165) is 35.7 Å². The molecule has 148 valence electrons. The van der Waals surface area contributed by atoms with E-state index in [-0.39, 0.29) is 6.04 Å². The van der Waals surface area contributed by atoms with Crippen LogP contribution in [0.4, 0.5) is 11.4 Å². The van der Waals surface area contributed by atoms with Gasteiger partial charge in [-0.05, 0) is 60.6 Å². The van der Waals surface area contributed by atoms with E-state index in [2.05, 4.69) is 51.3 Å². The van der Waals surface area contributed by atoms with Gasteiger partial charge < -0.3 is 15.0 Å². The zero-order valence-corrected chi connectivity index (χ0v) is 16.7. The molecule has 2 N–H and O–H groups in total. The van der Waals surface area contributed by atoms with Crippen LogP contribution in [0.1, 0.15) is 30.7 Å². The van der Waals surface area contributed by atoms with Crippen LogP contribution in [-0.4, -0.2) is 29.9 Å². The predicted octanol–water partition coefficient (Wildman–Crippen LogP) is 5.17. The van der Waals surface area contributed by atoms with Crippen molar-refractivity contribution in [2.75, 3.05) is 23.9 Å². The van der Waals surface area contributed by atoms with Gasteiger partial charge in [0.2, 0.25) is 0 Å². The molecule has 1 aliphatic carbocycles. The fraction of sp³-hybridized carbons (Fsp3) is 0.292. The van der Waals surface area contributed by atoms with Gasteiger partial charge in [-0.25, -0.2) is 0 Å². The molecule has 5 rings (SSSR count). The minimum Gasteiger partial charge on any atom is -0.497 e. The first-order valence-corrected chi connectivity index (χ1v) is 10.2. The molecule has 5 heteroatoms. The van der Waals surface area contributed by atoms with Gasteiger partial charge in [0.05, 0.1) is 19.3 Å². The highest BCUT2D eigenvalue weighted by Crippen LogP contribution is 2.46. The van der Waals surface area contributed by atoms with E-state index in [1.807, 2.05) is 30.6 Å². The number of hydrogen-bond acceptors (Lipinski definition) is 4. The smallest absolute Gasteiger partial charge is 0.120 e. The van der Waals surface area contributed by atoms with Crippen molar-refractivity contribution in [2.24, 2.45) is 0 Å². The van der Waals surface area contributed by atoms with Gasteiger partial charge in [-0.2, -0.15) is 5.10 Å². The molecule has 0 spiro atoms. The molecule has 5 nitrogen and oxygen atoms in total. The highest BCUT2D eigenvalue weighted by molar-refractivity contribution is 5.72. The van der Waals surface area contributed by atoms with Gasteiger partial charge in [0, 0.05) is 41.4 Å². The zero-order valence-electron chi connectivity index (χ0n) is 16.7. The summed E-state index contributed by atoms with van der Waals surface area (Å²) in [4.78, 5) is 2.35. The summed E-state index contributed by atoms with van der Waals surface area (Å²) in [5.74, 6) is 1.53. The lowest BCUT2D eigenvalue weighted by Gasteiger charge is -2.24. The Morgan fingerprint density at radius 2 is 2.07 bits per heavy atom. The Hall–Kier alpha value is -3.21. The van der Waals surface area contributed by atoms with E-state index in [4.69, 9.17) is 4.74 Å². The zero-order chi connectivity index (χ0) is 19.8. The van der Waals surface area contributed by atoms with Crippen LogP contribution in [0.25, 0.3) is 11.1 Å². The number of ether oxygens (including phenoxy) is 1. The lowest BCUT2D eigenvalue weighted by Crippen LogP contribution is -2.23. The van der Waals surface area contributed by atoms with E-state index in [0.29, 0.717) is 5.92 Å². The summed E-state index contributed by atoms with van der Waals surface area (Å²) in [6.07, 6.45) is 7.45. The van der Waals surface area contributed by atoms with Crippen LogP contribution in [-0.2, 0) is 0 Å². The maximum atomic E-state index is 5.34. The van der Waals surface area contributed by atoms with Crippen molar-refractivity contribution in [1.29, 1.82) is 0 Å². The predicted molar refractivity (Wildman–Crippen MR) is 118 cm³/mol. The number of methoxy groups -OCH3 is 1. The standard InChI is InChI=1S/C24H26N4O/c1-16-24(27-19-4-3-5-21(12-19)29-2)10-11-28(16)20-8-9-22(18-14-25-26-15-18)23(13-20)17-6-7-17/h3-5,8-9,12-15,17,24,27H,1,6-7,10-11H2,2H3,(H,25,26). The third-order valence-corrected chi connectivity index (χ3v) is 5.97. The number of benzene rings is 2. The second-order valence-electron chi connectivity index (χ2n) is 7.89. The highest BCUT2D eigenvalue weighted by atomic mass is 16.5. The van der Waals surface area contributed by atoms with E-state index < -0.39 is 0 Å². The summed E-state index contributed by atoms with van der Waals surface area (Å²) >= 11 is 0. The second kappa shape index (κ2) is 7.32. The molecule has 3 aromatic rings. The van der Waals surface area contributed by atoms with E-state index in [1.54, 1.807) is 7.11 Å². The second-order valence-corrected chi connectivity index (χ2v) is 7.89. The summed E-state index contributed by atoms with van der Waals surface area (Å²) in [5, 5.41) is 10.7. The highest BCUT2D eigenvalue weighted by Gasteiger charge is 2.30. The van der Waals surface area contributed by atoms with E-state index in [1.165, 1.54) is 29.7 Å².